The molecule has 96 valence electrons. The minimum absolute atomic E-state index is 0.0320. The molecule has 0 aliphatic carbocycles. The first-order chi connectivity index (χ1) is 7.96. The molecule has 0 spiro atoms. The minimum atomic E-state index is -3.06. The van der Waals surface area contributed by atoms with Crippen LogP contribution in [0.3, 0.4) is 0 Å². The molecular weight excluding hydrogens is 260 g/mol. The number of nitrogens with zero attached hydrogens (tertiary/aromatic N) is 1. The molecule has 1 aliphatic heterocycles. The number of thiazole rings is 1. The second kappa shape index (κ2) is 5.01. The molecule has 0 bridgehead atoms. The summed E-state index contributed by atoms with van der Waals surface area (Å²) in [5.41, 5.74) is 1.01. The maximum absolute atomic E-state index is 11.3. The third-order valence-electron chi connectivity index (χ3n) is 2.78. The fraction of sp³-hybridized carbons (Fsp3) is 0.700. The van der Waals surface area contributed by atoms with E-state index in [4.69, 9.17) is 0 Å². The SMILES string of the molecule is Cc1nc(CCNC2CS(=O)(=O)CC2O)cs1. The van der Waals surface area contributed by atoms with Crippen molar-refractivity contribution in [2.45, 2.75) is 25.5 Å². The molecule has 17 heavy (non-hydrogen) atoms. The minimum Gasteiger partial charge on any atom is -0.390 e. The van der Waals surface area contributed by atoms with Crippen LogP contribution in [0.15, 0.2) is 5.38 Å². The van der Waals surface area contributed by atoms with E-state index in [1.54, 1.807) is 11.3 Å². The molecule has 1 aromatic heterocycles. The van der Waals surface area contributed by atoms with Gasteiger partial charge in [0.05, 0.1) is 28.3 Å². The van der Waals surface area contributed by atoms with Gasteiger partial charge in [0.15, 0.2) is 9.84 Å². The van der Waals surface area contributed by atoms with Crippen LogP contribution in [-0.4, -0.2) is 48.7 Å². The molecule has 2 N–H and O–H groups in total. The zero-order valence-electron chi connectivity index (χ0n) is 9.59. The van der Waals surface area contributed by atoms with E-state index >= 15 is 0 Å². The van der Waals surface area contributed by atoms with Gasteiger partial charge in [0, 0.05) is 24.4 Å². The van der Waals surface area contributed by atoms with Crippen molar-refractivity contribution >= 4 is 21.2 Å². The van der Waals surface area contributed by atoms with Gasteiger partial charge in [0.25, 0.3) is 0 Å². The van der Waals surface area contributed by atoms with Gasteiger partial charge in [-0.1, -0.05) is 0 Å². The zero-order valence-corrected chi connectivity index (χ0v) is 11.2. The highest BCUT2D eigenvalue weighted by Crippen LogP contribution is 2.13. The average molecular weight is 276 g/mol. The van der Waals surface area contributed by atoms with E-state index in [-0.39, 0.29) is 17.5 Å². The number of nitrogens with one attached hydrogen (secondary N) is 1. The Hall–Kier alpha value is -0.500. The summed E-state index contributed by atoms with van der Waals surface area (Å²) in [4.78, 5) is 4.32. The second-order valence-electron chi connectivity index (χ2n) is 4.31. The predicted molar refractivity (Wildman–Crippen MR) is 67.0 cm³/mol. The lowest BCUT2D eigenvalue weighted by molar-refractivity contribution is 0.166. The van der Waals surface area contributed by atoms with E-state index < -0.39 is 15.9 Å². The Kier molecular flexibility index (Phi) is 3.82. The van der Waals surface area contributed by atoms with Crippen molar-refractivity contribution in [3.63, 3.8) is 0 Å². The topological polar surface area (TPSA) is 79.3 Å². The van der Waals surface area contributed by atoms with Crippen molar-refractivity contribution < 1.29 is 13.5 Å². The Labute approximate surface area is 105 Å². The van der Waals surface area contributed by atoms with Crippen molar-refractivity contribution in [1.82, 2.24) is 10.3 Å². The van der Waals surface area contributed by atoms with Gasteiger partial charge in [0.1, 0.15) is 0 Å². The standard InChI is InChI=1S/C10H16N2O3S2/c1-7-12-8(4-16-7)2-3-11-9-5-17(14,15)6-10(9)13/h4,9-11,13H,2-3,5-6H2,1H3. The molecule has 1 aliphatic rings. The molecule has 1 saturated heterocycles. The zero-order chi connectivity index (χ0) is 12.5. The summed E-state index contributed by atoms with van der Waals surface area (Å²) in [6.07, 6.45) is -0.0229. The highest BCUT2D eigenvalue weighted by atomic mass is 32.2. The lowest BCUT2D eigenvalue weighted by Crippen LogP contribution is -2.39. The Morgan fingerprint density at radius 2 is 2.35 bits per heavy atom. The van der Waals surface area contributed by atoms with Crippen LogP contribution in [0.1, 0.15) is 10.7 Å². The van der Waals surface area contributed by atoms with Crippen LogP contribution < -0.4 is 5.32 Å². The molecule has 2 unspecified atom stereocenters. The highest BCUT2D eigenvalue weighted by Gasteiger charge is 2.35. The van der Waals surface area contributed by atoms with Crippen molar-refractivity contribution in [3.8, 4) is 0 Å². The summed E-state index contributed by atoms with van der Waals surface area (Å²) in [5, 5.41) is 15.7. The molecule has 0 amide bonds. The Morgan fingerprint density at radius 3 is 2.88 bits per heavy atom. The smallest absolute Gasteiger partial charge is 0.154 e. The van der Waals surface area contributed by atoms with E-state index in [1.807, 2.05) is 12.3 Å². The first-order valence-corrected chi connectivity index (χ1v) is 8.19. The molecule has 2 atom stereocenters. The lowest BCUT2D eigenvalue weighted by atomic mass is 10.2. The van der Waals surface area contributed by atoms with Crippen LogP contribution in [0.4, 0.5) is 0 Å². The molecule has 1 fully saturated rings. The Balaban J connectivity index is 1.79. The van der Waals surface area contributed by atoms with E-state index in [0.717, 1.165) is 17.1 Å². The molecule has 0 saturated carbocycles. The number of aryl methyl sites for hydroxylation is 1. The lowest BCUT2D eigenvalue weighted by Gasteiger charge is -2.13. The molecule has 2 heterocycles. The molecule has 2 rings (SSSR count). The van der Waals surface area contributed by atoms with Gasteiger partial charge in [-0.05, 0) is 6.92 Å². The first-order valence-electron chi connectivity index (χ1n) is 5.49. The monoisotopic (exact) mass is 276 g/mol. The molecule has 5 nitrogen and oxygen atoms in total. The average Bonchev–Trinajstić information content (AvgIpc) is 2.71. The van der Waals surface area contributed by atoms with Crippen LogP contribution in [0.5, 0.6) is 0 Å². The van der Waals surface area contributed by atoms with E-state index in [9.17, 15) is 13.5 Å². The first kappa shape index (κ1) is 12.9. The van der Waals surface area contributed by atoms with Crippen LogP contribution in [0, 0.1) is 6.92 Å². The maximum atomic E-state index is 11.3. The van der Waals surface area contributed by atoms with E-state index in [0.29, 0.717) is 6.54 Å². The summed E-state index contributed by atoms with van der Waals surface area (Å²) >= 11 is 1.60. The number of aromatic nitrogens is 1. The van der Waals surface area contributed by atoms with Gasteiger partial charge in [-0.25, -0.2) is 13.4 Å². The second-order valence-corrected chi connectivity index (χ2v) is 7.53. The number of aliphatic hydroxyl groups excluding tert-OH is 1. The van der Waals surface area contributed by atoms with Gasteiger partial charge < -0.3 is 10.4 Å². The van der Waals surface area contributed by atoms with Crippen molar-refractivity contribution in [3.05, 3.63) is 16.1 Å². The summed E-state index contributed by atoms with van der Waals surface area (Å²) in [6.45, 7) is 2.59. The van der Waals surface area contributed by atoms with Crippen LogP contribution >= 0.6 is 11.3 Å². The van der Waals surface area contributed by atoms with Crippen LogP contribution in [-0.2, 0) is 16.3 Å². The van der Waals surface area contributed by atoms with Crippen molar-refractivity contribution in [2.24, 2.45) is 0 Å². The maximum Gasteiger partial charge on any atom is 0.154 e. The third-order valence-corrected chi connectivity index (χ3v) is 5.32. The molecular formula is C10H16N2O3S2. The van der Waals surface area contributed by atoms with Crippen molar-refractivity contribution in [2.75, 3.05) is 18.1 Å². The Bertz CT molecular complexity index is 483. The van der Waals surface area contributed by atoms with Gasteiger partial charge in [-0.3, -0.25) is 0 Å². The fourth-order valence-electron chi connectivity index (χ4n) is 1.93. The summed E-state index contributed by atoms with van der Waals surface area (Å²) < 4.78 is 22.6. The van der Waals surface area contributed by atoms with E-state index in [1.165, 1.54) is 0 Å². The van der Waals surface area contributed by atoms with E-state index in [2.05, 4.69) is 10.3 Å². The number of sulfone groups is 1. The predicted octanol–water partition coefficient (Wildman–Crippen LogP) is -0.258. The fourth-order valence-corrected chi connectivity index (χ4v) is 4.36. The summed E-state index contributed by atoms with van der Waals surface area (Å²) in [6, 6.07) is -0.334. The molecule has 0 aromatic carbocycles. The highest BCUT2D eigenvalue weighted by molar-refractivity contribution is 7.91. The van der Waals surface area contributed by atoms with Gasteiger partial charge in [0.2, 0.25) is 0 Å². The number of rotatable bonds is 4. The number of hydrogen-bond donors (Lipinski definition) is 2. The van der Waals surface area contributed by atoms with Gasteiger partial charge >= 0.3 is 0 Å². The van der Waals surface area contributed by atoms with Gasteiger partial charge in [-0.2, -0.15) is 0 Å². The van der Waals surface area contributed by atoms with Gasteiger partial charge in [-0.15, -0.1) is 11.3 Å². The van der Waals surface area contributed by atoms with Crippen molar-refractivity contribution in [1.29, 1.82) is 0 Å². The largest absolute Gasteiger partial charge is 0.390 e. The quantitative estimate of drug-likeness (QED) is 0.792. The number of hydrogen-bond acceptors (Lipinski definition) is 6. The third kappa shape index (κ3) is 3.48. The summed E-state index contributed by atoms with van der Waals surface area (Å²) in [5.74, 6) is -0.0925. The molecule has 1 aromatic rings. The van der Waals surface area contributed by atoms with Crippen LogP contribution in [0.2, 0.25) is 0 Å². The molecule has 7 heteroatoms. The normalized spacial score (nSPS) is 27.4. The van der Waals surface area contributed by atoms with Crippen LogP contribution in [0.25, 0.3) is 0 Å². The Morgan fingerprint density at radius 1 is 1.59 bits per heavy atom. The molecule has 0 radical (unpaired) electrons. The number of aliphatic hydroxyl groups is 1. The summed E-state index contributed by atoms with van der Waals surface area (Å²) in [7, 11) is -3.06.